The van der Waals surface area contributed by atoms with Gasteiger partial charge in [0.1, 0.15) is 11.6 Å². The van der Waals surface area contributed by atoms with Crippen LogP contribution in [0.1, 0.15) is 5.56 Å². The molecule has 1 aliphatic heterocycles. The Hall–Kier alpha value is -1.82. The minimum atomic E-state index is -0.494. The number of rotatable bonds is 3. The van der Waals surface area contributed by atoms with Crippen molar-refractivity contribution in [1.29, 1.82) is 0 Å². The number of halogens is 3. The molecule has 0 unspecified atom stereocenters. The fourth-order valence-electron chi connectivity index (χ4n) is 1.95. The summed E-state index contributed by atoms with van der Waals surface area (Å²) < 4.78 is 37.9. The highest BCUT2D eigenvalue weighted by Gasteiger charge is 2.17. The first-order valence-electron chi connectivity index (χ1n) is 5.90. The molecule has 0 radical (unpaired) electrons. The topological polar surface area (TPSA) is 30.5 Å². The van der Waals surface area contributed by atoms with E-state index >= 15 is 0 Å². The first-order chi connectivity index (χ1) is 9.63. The van der Waals surface area contributed by atoms with Crippen LogP contribution in [-0.4, -0.2) is 6.79 Å². The lowest BCUT2D eigenvalue weighted by atomic mass is 10.2. The zero-order valence-electron chi connectivity index (χ0n) is 10.3. The maximum atomic E-state index is 13.5. The summed E-state index contributed by atoms with van der Waals surface area (Å²) in [5.41, 5.74) is 0.989. The van der Waals surface area contributed by atoms with Crippen LogP contribution in [0.3, 0.4) is 0 Å². The maximum absolute atomic E-state index is 13.5. The minimum Gasteiger partial charge on any atom is -0.454 e. The lowest BCUT2D eigenvalue weighted by Crippen LogP contribution is -2.02. The number of hydrogen-bond acceptors (Lipinski definition) is 3. The predicted molar refractivity (Wildman–Crippen MR) is 73.9 cm³/mol. The summed E-state index contributed by atoms with van der Waals surface area (Å²) in [6.07, 6.45) is 0. The van der Waals surface area contributed by atoms with Crippen molar-refractivity contribution in [3.8, 4) is 11.5 Å². The molecule has 0 fully saturated rings. The van der Waals surface area contributed by atoms with Crippen molar-refractivity contribution in [3.63, 3.8) is 0 Å². The molecule has 0 saturated carbocycles. The van der Waals surface area contributed by atoms with E-state index in [9.17, 15) is 8.78 Å². The number of fused-ring (bicyclic) bond motifs is 1. The molecule has 0 bridgehead atoms. The molecule has 0 spiro atoms. The first kappa shape index (κ1) is 13.2. The van der Waals surface area contributed by atoms with Crippen molar-refractivity contribution in [1.82, 2.24) is 0 Å². The minimum absolute atomic E-state index is 0.124. The third-order valence-corrected chi connectivity index (χ3v) is 3.49. The van der Waals surface area contributed by atoms with Crippen LogP contribution in [0, 0.1) is 11.6 Å². The Balaban J connectivity index is 1.79. The van der Waals surface area contributed by atoms with Gasteiger partial charge in [-0.2, -0.15) is 0 Å². The van der Waals surface area contributed by atoms with Gasteiger partial charge in [0.2, 0.25) is 6.79 Å². The van der Waals surface area contributed by atoms with E-state index in [4.69, 9.17) is 9.47 Å². The van der Waals surface area contributed by atoms with Gasteiger partial charge >= 0.3 is 0 Å². The van der Waals surface area contributed by atoms with Gasteiger partial charge < -0.3 is 14.8 Å². The van der Waals surface area contributed by atoms with Crippen LogP contribution in [0.4, 0.5) is 14.5 Å². The standard InChI is InChI=1S/C14H10BrF2NO2/c15-10-3-8(4-13-14(10)20-7-19-13)6-18-12-5-9(16)1-2-11(12)17/h1-5,18H,6-7H2. The average Bonchev–Trinajstić information content (AvgIpc) is 2.89. The summed E-state index contributed by atoms with van der Waals surface area (Å²) in [6.45, 7) is 0.527. The second kappa shape index (κ2) is 5.28. The van der Waals surface area contributed by atoms with Gasteiger partial charge in [-0.3, -0.25) is 0 Å². The quantitative estimate of drug-likeness (QED) is 0.912. The molecule has 3 rings (SSSR count). The zero-order chi connectivity index (χ0) is 14.1. The van der Waals surface area contributed by atoms with E-state index in [2.05, 4.69) is 21.2 Å². The molecule has 0 amide bonds. The Kier molecular flexibility index (Phi) is 3.48. The van der Waals surface area contributed by atoms with Gasteiger partial charge in [0.05, 0.1) is 10.2 Å². The number of ether oxygens (including phenoxy) is 2. The molecule has 1 heterocycles. The Morgan fingerprint density at radius 1 is 1.15 bits per heavy atom. The van der Waals surface area contributed by atoms with E-state index in [0.717, 1.165) is 28.2 Å². The molecule has 1 N–H and O–H groups in total. The zero-order valence-corrected chi connectivity index (χ0v) is 11.8. The van der Waals surface area contributed by atoms with Crippen LogP contribution >= 0.6 is 15.9 Å². The number of hydrogen-bond donors (Lipinski definition) is 1. The van der Waals surface area contributed by atoms with Crippen molar-refractivity contribution in [2.45, 2.75) is 6.54 Å². The van der Waals surface area contributed by atoms with E-state index in [1.807, 2.05) is 6.07 Å². The fourth-order valence-corrected chi connectivity index (χ4v) is 2.56. The molecule has 0 atom stereocenters. The molecule has 20 heavy (non-hydrogen) atoms. The summed E-state index contributed by atoms with van der Waals surface area (Å²) in [7, 11) is 0. The molecule has 0 saturated heterocycles. The summed E-state index contributed by atoms with van der Waals surface area (Å²) >= 11 is 3.38. The van der Waals surface area contributed by atoms with Gasteiger partial charge in [-0.25, -0.2) is 8.78 Å². The largest absolute Gasteiger partial charge is 0.454 e. The summed E-state index contributed by atoms with van der Waals surface area (Å²) in [5.74, 6) is 0.313. The molecule has 104 valence electrons. The van der Waals surface area contributed by atoms with Crippen molar-refractivity contribution in [2.24, 2.45) is 0 Å². The summed E-state index contributed by atoms with van der Waals surface area (Å²) in [6, 6.07) is 6.94. The second-order valence-corrected chi connectivity index (χ2v) is 5.14. The van der Waals surface area contributed by atoms with E-state index in [1.54, 1.807) is 6.07 Å². The van der Waals surface area contributed by atoms with Gasteiger partial charge in [0.15, 0.2) is 11.5 Å². The molecule has 0 aliphatic carbocycles. The van der Waals surface area contributed by atoms with Crippen molar-refractivity contribution >= 4 is 21.6 Å². The van der Waals surface area contributed by atoms with Crippen LogP contribution in [0.15, 0.2) is 34.8 Å². The van der Waals surface area contributed by atoms with E-state index in [-0.39, 0.29) is 12.5 Å². The van der Waals surface area contributed by atoms with Crippen LogP contribution in [0.5, 0.6) is 11.5 Å². The van der Waals surface area contributed by atoms with Crippen LogP contribution in [0.2, 0.25) is 0 Å². The number of anilines is 1. The van der Waals surface area contributed by atoms with Gasteiger partial charge in [0.25, 0.3) is 0 Å². The van der Waals surface area contributed by atoms with Crippen molar-refractivity contribution in [3.05, 3.63) is 52.0 Å². The number of benzene rings is 2. The molecule has 2 aromatic rings. The first-order valence-corrected chi connectivity index (χ1v) is 6.70. The van der Waals surface area contributed by atoms with Crippen molar-refractivity contribution < 1.29 is 18.3 Å². The fraction of sp³-hybridized carbons (Fsp3) is 0.143. The average molecular weight is 342 g/mol. The molecule has 1 aliphatic rings. The van der Waals surface area contributed by atoms with E-state index in [0.29, 0.717) is 18.0 Å². The highest BCUT2D eigenvalue weighted by molar-refractivity contribution is 9.10. The normalized spacial score (nSPS) is 12.6. The maximum Gasteiger partial charge on any atom is 0.231 e. The Bertz CT molecular complexity index is 664. The van der Waals surface area contributed by atoms with Crippen molar-refractivity contribution in [2.75, 3.05) is 12.1 Å². The molecular formula is C14H10BrF2NO2. The molecule has 2 aromatic carbocycles. The Labute approximate surface area is 122 Å². The van der Waals surface area contributed by atoms with E-state index < -0.39 is 11.6 Å². The predicted octanol–water partition coefficient (Wildman–Crippen LogP) is 4.07. The van der Waals surface area contributed by atoms with Gasteiger partial charge in [0, 0.05) is 6.54 Å². The third kappa shape index (κ3) is 2.56. The molecule has 3 nitrogen and oxygen atoms in total. The summed E-state index contributed by atoms with van der Waals surface area (Å²) in [5, 5.41) is 2.86. The monoisotopic (exact) mass is 341 g/mol. The summed E-state index contributed by atoms with van der Waals surface area (Å²) in [4.78, 5) is 0. The van der Waals surface area contributed by atoms with Gasteiger partial charge in [-0.1, -0.05) is 0 Å². The third-order valence-electron chi connectivity index (χ3n) is 2.90. The lowest BCUT2D eigenvalue weighted by molar-refractivity contribution is 0.173. The smallest absolute Gasteiger partial charge is 0.231 e. The molecule has 6 heteroatoms. The van der Waals surface area contributed by atoms with Crippen LogP contribution in [0.25, 0.3) is 0 Å². The van der Waals surface area contributed by atoms with Gasteiger partial charge in [-0.05, 0) is 51.8 Å². The molecule has 0 aromatic heterocycles. The lowest BCUT2D eigenvalue weighted by Gasteiger charge is -2.09. The Morgan fingerprint density at radius 3 is 2.85 bits per heavy atom. The number of nitrogens with one attached hydrogen (secondary N) is 1. The molecular weight excluding hydrogens is 332 g/mol. The van der Waals surface area contributed by atoms with E-state index in [1.165, 1.54) is 0 Å². The van der Waals surface area contributed by atoms with Crippen LogP contribution < -0.4 is 14.8 Å². The van der Waals surface area contributed by atoms with Crippen LogP contribution in [-0.2, 0) is 6.54 Å². The highest BCUT2D eigenvalue weighted by Crippen LogP contribution is 2.40. The Morgan fingerprint density at radius 2 is 2.00 bits per heavy atom. The second-order valence-electron chi connectivity index (χ2n) is 4.29. The van der Waals surface area contributed by atoms with Gasteiger partial charge in [-0.15, -0.1) is 0 Å². The highest BCUT2D eigenvalue weighted by atomic mass is 79.9. The SMILES string of the molecule is Fc1ccc(F)c(NCc2cc(Br)c3c(c2)OCO3)c1.